The number of hydrogen-bond donors (Lipinski definition) is 2. The van der Waals surface area contributed by atoms with Crippen molar-refractivity contribution in [2.24, 2.45) is 0 Å². The first-order chi connectivity index (χ1) is 8.06. The van der Waals surface area contributed by atoms with Crippen LogP contribution in [0, 0.1) is 0 Å². The molecule has 0 aromatic heterocycles. The van der Waals surface area contributed by atoms with Crippen LogP contribution in [0.1, 0.15) is 6.42 Å². The molecular formula is C12H14O5. The molecule has 0 amide bonds. The maximum atomic E-state index is 10.3. The van der Waals surface area contributed by atoms with Gasteiger partial charge in [0.2, 0.25) is 0 Å². The van der Waals surface area contributed by atoms with Gasteiger partial charge in [0.15, 0.2) is 0 Å². The SMILES string of the molecule is C=CC(=O)OCCC(=O)O.Oc1ccccc1. The van der Waals surface area contributed by atoms with Gasteiger partial charge in [-0.3, -0.25) is 4.79 Å². The normalized spacial score (nSPS) is 8.47. The number of phenolic OH excluding ortho intramolecular Hbond substituents is 1. The number of esters is 1. The minimum Gasteiger partial charge on any atom is -0.508 e. The monoisotopic (exact) mass is 238 g/mol. The summed E-state index contributed by atoms with van der Waals surface area (Å²) >= 11 is 0. The van der Waals surface area contributed by atoms with Crippen molar-refractivity contribution in [1.82, 2.24) is 0 Å². The molecule has 92 valence electrons. The maximum absolute atomic E-state index is 10.3. The second-order valence-corrected chi connectivity index (χ2v) is 2.85. The van der Waals surface area contributed by atoms with E-state index in [1.165, 1.54) is 0 Å². The van der Waals surface area contributed by atoms with E-state index in [9.17, 15) is 9.59 Å². The van der Waals surface area contributed by atoms with E-state index in [2.05, 4.69) is 11.3 Å². The molecule has 0 bridgehead atoms. The van der Waals surface area contributed by atoms with Gasteiger partial charge in [0.25, 0.3) is 0 Å². The van der Waals surface area contributed by atoms with Crippen molar-refractivity contribution >= 4 is 11.9 Å². The Morgan fingerprint density at radius 1 is 1.29 bits per heavy atom. The van der Waals surface area contributed by atoms with Crippen LogP contribution in [0.3, 0.4) is 0 Å². The van der Waals surface area contributed by atoms with Gasteiger partial charge in [-0.1, -0.05) is 24.8 Å². The van der Waals surface area contributed by atoms with Crippen LogP contribution in [-0.4, -0.2) is 28.8 Å². The average molecular weight is 238 g/mol. The average Bonchev–Trinajstić information content (AvgIpc) is 2.30. The van der Waals surface area contributed by atoms with Gasteiger partial charge in [-0.15, -0.1) is 0 Å². The van der Waals surface area contributed by atoms with Gasteiger partial charge in [-0.2, -0.15) is 0 Å². The number of carbonyl (C=O) groups excluding carboxylic acids is 1. The van der Waals surface area contributed by atoms with E-state index in [-0.39, 0.29) is 13.0 Å². The molecule has 0 heterocycles. The number of para-hydroxylation sites is 1. The molecule has 17 heavy (non-hydrogen) atoms. The molecule has 2 N–H and O–H groups in total. The Morgan fingerprint density at radius 3 is 2.24 bits per heavy atom. The summed E-state index contributed by atoms with van der Waals surface area (Å²) in [6.07, 6.45) is 0.821. The molecule has 1 rings (SSSR count). The summed E-state index contributed by atoms with van der Waals surface area (Å²) in [5.41, 5.74) is 0. The summed E-state index contributed by atoms with van der Waals surface area (Å²) in [6, 6.07) is 8.71. The first-order valence-electron chi connectivity index (χ1n) is 4.81. The first-order valence-corrected chi connectivity index (χ1v) is 4.81. The Bertz CT molecular complexity index is 358. The fourth-order valence-corrected chi connectivity index (χ4v) is 0.726. The van der Waals surface area contributed by atoms with Gasteiger partial charge in [0.05, 0.1) is 6.42 Å². The fraction of sp³-hybridized carbons (Fsp3) is 0.167. The highest BCUT2D eigenvalue weighted by molar-refractivity contribution is 5.81. The lowest BCUT2D eigenvalue weighted by Gasteiger charge is -1.96. The van der Waals surface area contributed by atoms with E-state index in [1.54, 1.807) is 24.3 Å². The largest absolute Gasteiger partial charge is 0.508 e. The van der Waals surface area contributed by atoms with Crippen molar-refractivity contribution in [2.75, 3.05) is 6.61 Å². The summed E-state index contributed by atoms with van der Waals surface area (Å²) < 4.78 is 4.36. The number of rotatable bonds is 4. The molecule has 0 spiro atoms. The number of carbonyl (C=O) groups is 2. The zero-order valence-electron chi connectivity index (χ0n) is 9.20. The van der Waals surface area contributed by atoms with Crippen molar-refractivity contribution < 1.29 is 24.5 Å². The molecule has 5 nitrogen and oxygen atoms in total. The predicted octanol–water partition coefficient (Wildman–Crippen LogP) is 1.58. The summed E-state index contributed by atoms with van der Waals surface area (Å²) in [7, 11) is 0. The Morgan fingerprint density at radius 2 is 1.88 bits per heavy atom. The van der Waals surface area contributed by atoms with Crippen molar-refractivity contribution in [2.45, 2.75) is 6.42 Å². The van der Waals surface area contributed by atoms with Gasteiger partial charge in [-0.05, 0) is 12.1 Å². The van der Waals surface area contributed by atoms with Crippen LogP contribution in [0.4, 0.5) is 0 Å². The van der Waals surface area contributed by atoms with Crippen LogP contribution in [0.25, 0.3) is 0 Å². The van der Waals surface area contributed by atoms with Gasteiger partial charge in [-0.25, -0.2) is 4.79 Å². The second-order valence-electron chi connectivity index (χ2n) is 2.85. The minimum absolute atomic E-state index is 0.0970. The van der Waals surface area contributed by atoms with Crippen LogP contribution in [0.5, 0.6) is 5.75 Å². The lowest BCUT2D eigenvalue weighted by Crippen LogP contribution is -2.06. The second kappa shape index (κ2) is 8.96. The highest BCUT2D eigenvalue weighted by Crippen LogP contribution is 2.02. The number of aromatic hydroxyl groups is 1. The number of carboxylic acid groups (broad SMARTS) is 1. The predicted molar refractivity (Wildman–Crippen MR) is 61.5 cm³/mol. The zero-order chi connectivity index (χ0) is 13.1. The Balaban J connectivity index is 0.000000318. The van der Waals surface area contributed by atoms with E-state index in [0.29, 0.717) is 5.75 Å². The Labute approximate surface area is 99.0 Å². The van der Waals surface area contributed by atoms with Gasteiger partial charge in [0, 0.05) is 6.08 Å². The van der Waals surface area contributed by atoms with Crippen molar-refractivity contribution in [1.29, 1.82) is 0 Å². The quantitative estimate of drug-likeness (QED) is 0.614. The lowest BCUT2D eigenvalue weighted by atomic mass is 10.3. The van der Waals surface area contributed by atoms with Crippen LogP contribution >= 0.6 is 0 Å². The summed E-state index contributed by atoms with van der Waals surface area (Å²) in [6.45, 7) is 3.04. The number of benzene rings is 1. The van der Waals surface area contributed by atoms with E-state index in [1.807, 2.05) is 6.07 Å². The molecule has 1 aromatic rings. The molecule has 0 atom stereocenters. The van der Waals surface area contributed by atoms with E-state index in [0.717, 1.165) is 6.08 Å². The van der Waals surface area contributed by atoms with E-state index < -0.39 is 11.9 Å². The summed E-state index contributed by atoms with van der Waals surface area (Å²) in [5, 5.41) is 16.7. The third-order valence-electron chi connectivity index (χ3n) is 1.48. The third kappa shape index (κ3) is 9.99. The minimum atomic E-state index is -0.989. The molecule has 1 aromatic carbocycles. The van der Waals surface area contributed by atoms with E-state index in [4.69, 9.17) is 10.2 Å². The highest BCUT2D eigenvalue weighted by atomic mass is 16.5. The number of aliphatic carboxylic acids is 1. The maximum Gasteiger partial charge on any atom is 0.330 e. The van der Waals surface area contributed by atoms with Gasteiger partial charge < -0.3 is 14.9 Å². The third-order valence-corrected chi connectivity index (χ3v) is 1.48. The van der Waals surface area contributed by atoms with Gasteiger partial charge >= 0.3 is 11.9 Å². The van der Waals surface area contributed by atoms with Gasteiger partial charge in [0.1, 0.15) is 12.4 Å². The molecular weight excluding hydrogens is 224 g/mol. The number of carboxylic acids is 1. The van der Waals surface area contributed by atoms with Crippen LogP contribution in [-0.2, 0) is 14.3 Å². The molecule has 0 aliphatic rings. The topological polar surface area (TPSA) is 83.8 Å². The molecule has 0 saturated heterocycles. The van der Waals surface area contributed by atoms with Crippen LogP contribution < -0.4 is 0 Å². The van der Waals surface area contributed by atoms with Crippen molar-refractivity contribution in [3.8, 4) is 5.75 Å². The summed E-state index contributed by atoms with van der Waals surface area (Å²) in [4.78, 5) is 20.1. The summed E-state index contributed by atoms with van der Waals surface area (Å²) in [5.74, 6) is -1.26. The molecule has 0 unspecified atom stereocenters. The van der Waals surface area contributed by atoms with Crippen LogP contribution in [0.15, 0.2) is 43.0 Å². The smallest absolute Gasteiger partial charge is 0.330 e. The molecule has 0 fully saturated rings. The molecule has 0 radical (unpaired) electrons. The number of ether oxygens (including phenoxy) is 1. The number of phenols is 1. The standard InChI is InChI=1S/C6H8O4.C6H6O/c1-2-6(9)10-4-3-5(7)8;7-6-4-2-1-3-5-6/h2H,1,3-4H2,(H,7,8);1-5,7H. The highest BCUT2D eigenvalue weighted by Gasteiger charge is 1.98. The van der Waals surface area contributed by atoms with Crippen molar-refractivity contribution in [3.05, 3.63) is 43.0 Å². The molecule has 0 aliphatic heterocycles. The van der Waals surface area contributed by atoms with E-state index >= 15 is 0 Å². The fourth-order valence-electron chi connectivity index (χ4n) is 0.726. The lowest BCUT2D eigenvalue weighted by molar-refractivity contribution is -0.142. The Hall–Kier alpha value is -2.30. The molecule has 5 heteroatoms. The Kier molecular flexibility index (Phi) is 7.75. The number of hydrogen-bond acceptors (Lipinski definition) is 4. The van der Waals surface area contributed by atoms with Crippen molar-refractivity contribution in [3.63, 3.8) is 0 Å². The first kappa shape index (κ1) is 14.7. The molecule has 0 aliphatic carbocycles. The molecule has 0 saturated carbocycles. The van der Waals surface area contributed by atoms with Crippen LogP contribution in [0.2, 0.25) is 0 Å². The zero-order valence-corrected chi connectivity index (χ0v) is 9.20.